The first-order chi connectivity index (χ1) is 4.52. The van der Waals surface area contributed by atoms with E-state index in [0.29, 0.717) is 12.2 Å². The molecular formula is C7H17BiO2. The second-order valence-electron chi connectivity index (χ2n) is 2.75. The maximum absolute atomic E-state index is 5.54. The van der Waals surface area contributed by atoms with Gasteiger partial charge in [0.1, 0.15) is 0 Å². The maximum atomic E-state index is 5.54. The Hall–Kier alpha value is 0.803. The summed E-state index contributed by atoms with van der Waals surface area (Å²) in [7, 11) is 0. The van der Waals surface area contributed by atoms with Gasteiger partial charge in [0.2, 0.25) is 0 Å². The van der Waals surface area contributed by atoms with Crippen molar-refractivity contribution >= 4 is 22.6 Å². The summed E-state index contributed by atoms with van der Waals surface area (Å²) in [4.78, 5) is 0. The standard InChI is InChI=1S/2C3H7O.CH3.Bi/c2*1-3(2)4;;/h2*3H,1-2H3;1H3;/q2*-1;;+2. The Morgan fingerprint density at radius 1 is 0.900 bits per heavy atom. The summed E-state index contributed by atoms with van der Waals surface area (Å²) in [6.07, 6.45) is 0.669. The summed E-state index contributed by atoms with van der Waals surface area (Å²) in [5.41, 5.74) is 0. The van der Waals surface area contributed by atoms with Crippen LogP contribution >= 0.6 is 0 Å². The van der Waals surface area contributed by atoms with Gasteiger partial charge in [0.25, 0.3) is 0 Å². The molecule has 0 unspecified atom stereocenters. The molecule has 0 N–H and O–H groups in total. The Kier molecular flexibility index (Phi) is 5.89. The van der Waals surface area contributed by atoms with Crippen LogP contribution in [-0.4, -0.2) is 34.8 Å². The molecule has 0 aromatic heterocycles. The zero-order valence-corrected chi connectivity index (χ0v) is 10.9. The van der Waals surface area contributed by atoms with Gasteiger partial charge in [-0.2, -0.15) is 0 Å². The van der Waals surface area contributed by atoms with Crippen LogP contribution in [0.25, 0.3) is 0 Å². The van der Waals surface area contributed by atoms with Crippen molar-refractivity contribution in [3.05, 3.63) is 0 Å². The van der Waals surface area contributed by atoms with E-state index in [1.165, 1.54) is 0 Å². The van der Waals surface area contributed by atoms with Crippen molar-refractivity contribution in [1.82, 2.24) is 0 Å². The summed E-state index contributed by atoms with van der Waals surface area (Å²) < 4.78 is 13.2. The molecule has 0 bridgehead atoms. The summed E-state index contributed by atoms with van der Waals surface area (Å²) in [5, 5.41) is 0. The Labute approximate surface area is 72.8 Å². The number of rotatable bonds is 4. The predicted octanol–water partition coefficient (Wildman–Crippen LogP) is 1.95. The van der Waals surface area contributed by atoms with Crippen molar-refractivity contribution in [2.24, 2.45) is 0 Å². The molecule has 0 amide bonds. The molecule has 0 spiro atoms. The van der Waals surface area contributed by atoms with Gasteiger partial charge in [-0.05, 0) is 0 Å². The molecule has 62 valence electrons. The molecule has 0 atom stereocenters. The van der Waals surface area contributed by atoms with Crippen molar-refractivity contribution in [2.45, 2.75) is 44.5 Å². The van der Waals surface area contributed by atoms with E-state index >= 15 is 0 Å². The van der Waals surface area contributed by atoms with E-state index in [1.54, 1.807) is 0 Å². The van der Waals surface area contributed by atoms with E-state index in [1.807, 2.05) is 0 Å². The fraction of sp³-hybridized carbons (Fsp3) is 1.00. The monoisotopic (exact) mass is 342 g/mol. The Morgan fingerprint density at radius 2 is 1.20 bits per heavy atom. The normalized spacial score (nSPS) is 12.0. The van der Waals surface area contributed by atoms with E-state index in [-0.39, 0.29) is 0 Å². The van der Waals surface area contributed by atoms with Crippen molar-refractivity contribution < 1.29 is 5.63 Å². The molecular weight excluding hydrogens is 325 g/mol. The zero-order valence-electron chi connectivity index (χ0n) is 7.42. The molecule has 0 fully saturated rings. The van der Waals surface area contributed by atoms with Crippen LogP contribution in [0.4, 0.5) is 0 Å². The molecule has 0 aromatic rings. The molecule has 2 nitrogen and oxygen atoms in total. The molecule has 0 saturated carbocycles. The van der Waals surface area contributed by atoms with Gasteiger partial charge in [-0.15, -0.1) is 0 Å². The zero-order chi connectivity index (χ0) is 8.15. The molecule has 0 aromatic carbocycles. The fourth-order valence-corrected chi connectivity index (χ4v) is 5.43. The van der Waals surface area contributed by atoms with Crippen LogP contribution in [0.3, 0.4) is 0 Å². The first-order valence-electron chi connectivity index (χ1n) is 3.59. The third-order valence-electron chi connectivity index (χ3n) is 0.719. The minimum atomic E-state index is -1.89. The average Bonchev–Trinajstić information content (AvgIpc) is 1.58. The first kappa shape index (κ1) is 10.8. The SMILES string of the molecule is CC(C)[O][Bi]([CH3])[O]C(C)C. The van der Waals surface area contributed by atoms with Crippen molar-refractivity contribution in [3.8, 4) is 0 Å². The van der Waals surface area contributed by atoms with E-state index in [2.05, 4.69) is 32.3 Å². The second-order valence-corrected chi connectivity index (χ2v) is 7.81. The van der Waals surface area contributed by atoms with Gasteiger partial charge in [0.05, 0.1) is 0 Å². The van der Waals surface area contributed by atoms with Crippen molar-refractivity contribution in [1.29, 1.82) is 0 Å². The van der Waals surface area contributed by atoms with Gasteiger partial charge < -0.3 is 0 Å². The van der Waals surface area contributed by atoms with Crippen LogP contribution in [0.5, 0.6) is 0 Å². The predicted molar refractivity (Wildman–Crippen MR) is 44.1 cm³/mol. The van der Waals surface area contributed by atoms with Crippen LogP contribution < -0.4 is 0 Å². The first-order valence-corrected chi connectivity index (χ1v) is 9.91. The summed E-state index contributed by atoms with van der Waals surface area (Å²) >= 11 is -1.89. The number of hydrogen-bond acceptors (Lipinski definition) is 2. The van der Waals surface area contributed by atoms with Gasteiger partial charge >= 0.3 is 72.8 Å². The summed E-state index contributed by atoms with van der Waals surface area (Å²) in [6.45, 7) is 8.20. The molecule has 10 heavy (non-hydrogen) atoms. The van der Waals surface area contributed by atoms with Gasteiger partial charge in [0, 0.05) is 0 Å². The van der Waals surface area contributed by atoms with Gasteiger partial charge in [0.15, 0.2) is 0 Å². The molecule has 0 saturated heterocycles. The van der Waals surface area contributed by atoms with Crippen molar-refractivity contribution in [3.63, 3.8) is 0 Å². The molecule has 0 aliphatic rings. The van der Waals surface area contributed by atoms with E-state index < -0.39 is 22.6 Å². The second kappa shape index (κ2) is 5.45. The topological polar surface area (TPSA) is 18.5 Å². The average molecular weight is 342 g/mol. The molecule has 3 heteroatoms. The molecule has 0 aliphatic carbocycles. The number of hydrogen-bond donors (Lipinski definition) is 0. The van der Waals surface area contributed by atoms with E-state index in [4.69, 9.17) is 5.63 Å². The van der Waals surface area contributed by atoms with Crippen LogP contribution in [0.2, 0.25) is 4.63 Å². The molecule has 0 heterocycles. The van der Waals surface area contributed by atoms with Crippen LogP contribution in [0.15, 0.2) is 0 Å². The molecule has 0 rings (SSSR count). The van der Waals surface area contributed by atoms with Crippen LogP contribution in [0.1, 0.15) is 27.7 Å². The van der Waals surface area contributed by atoms with Gasteiger partial charge in [-0.1, -0.05) is 0 Å². The Morgan fingerprint density at radius 3 is 1.40 bits per heavy atom. The minimum absolute atomic E-state index is 0.335. The van der Waals surface area contributed by atoms with Gasteiger partial charge in [-0.25, -0.2) is 0 Å². The van der Waals surface area contributed by atoms with Crippen LogP contribution in [0, 0.1) is 0 Å². The van der Waals surface area contributed by atoms with E-state index in [0.717, 1.165) is 0 Å². The third-order valence-corrected chi connectivity index (χ3v) is 6.31. The van der Waals surface area contributed by atoms with Crippen LogP contribution in [-0.2, 0) is 5.63 Å². The van der Waals surface area contributed by atoms with Gasteiger partial charge in [-0.3, -0.25) is 0 Å². The third kappa shape index (κ3) is 6.92. The Balaban J connectivity index is 3.34. The fourth-order valence-electron chi connectivity index (χ4n) is 0.619. The van der Waals surface area contributed by atoms with E-state index in [9.17, 15) is 0 Å². The summed E-state index contributed by atoms with van der Waals surface area (Å²) in [6, 6.07) is 0. The van der Waals surface area contributed by atoms with Crippen molar-refractivity contribution in [2.75, 3.05) is 0 Å². The Bertz CT molecular complexity index is 73.7. The quantitative estimate of drug-likeness (QED) is 0.728. The summed E-state index contributed by atoms with van der Waals surface area (Å²) in [5.74, 6) is 0. The molecule has 0 aliphatic heterocycles. The molecule has 0 radical (unpaired) electrons.